The van der Waals surface area contributed by atoms with Gasteiger partial charge in [-0.1, -0.05) is 13.8 Å². The van der Waals surface area contributed by atoms with E-state index in [-0.39, 0.29) is 23.9 Å². The third kappa shape index (κ3) is 3.64. The van der Waals surface area contributed by atoms with E-state index in [2.05, 4.69) is 29.2 Å². The molecule has 0 spiro atoms. The summed E-state index contributed by atoms with van der Waals surface area (Å²) in [5, 5.41) is 7.26. The first kappa shape index (κ1) is 17.7. The van der Waals surface area contributed by atoms with Crippen LogP contribution in [-0.4, -0.2) is 25.2 Å². The van der Waals surface area contributed by atoms with Gasteiger partial charge in [0, 0.05) is 24.9 Å². The number of carbonyl (C=O) groups is 1. The number of carbonyl (C=O) groups excluding carboxylic acids is 1. The van der Waals surface area contributed by atoms with Gasteiger partial charge in [0.2, 0.25) is 5.91 Å². The Morgan fingerprint density at radius 3 is 2.62 bits per heavy atom. The average Bonchev–Trinajstić information content (AvgIpc) is 2.89. The molecule has 0 unspecified atom stereocenters. The highest BCUT2D eigenvalue weighted by Crippen LogP contribution is 2.21. The van der Waals surface area contributed by atoms with E-state index in [0.29, 0.717) is 5.82 Å². The van der Waals surface area contributed by atoms with Gasteiger partial charge in [0.05, 0.1) is 18.2 Å². The highest BCUT2D eigenvalue weighted by molar-refractivity contribution is 5.91. The second-order valence-corrected chi connectivity index (χ2v) is 5.79. The monoisotopic (exact) mass is 333 g/mol. The third-order valence-electron chi connectivity index (χ3n) is 4.02. The van der Waals surface area contributed by atoms with E-state index in [1.807, 2.05) is 11.6 Å². The largest absolute Gasteiger partial charge is 0.328 e. The summed E-state index contributed by atoms with van der Waals surface area (Å²) in [5.74, 6) is 0.290. The minimum absolute atomic E-state index is 0.114. The Bertz CT molecular complexity index is 842. The fraction of sp³-hybridized carbons (Fsp3) is 0.500. The number of anilines is 1. The van der Waals surface area contributed by atoms with Crippen molar-refractivity contribution in [1.29, 1.82) is 0 Å². The number of hydrogen-bond donors (Lipinski definition) is 2. The Kier molecular flexibility index (Phi) is 5.38. The maximum Gasteiger partial charge on any atom is 0.328 e. The molecule has 2 rings (SSSR count). The van der Waals surface area contributed by atoms with Gasteiger partial charge in [0.1, 0.15) is 5.82 Å². The molecule has 2 heterocycles. The minimum atomic E-state index is -0.508. The van der Waals surface area contributed by atoms with Crippen LogP contribution in [0.3, 0.4) is 0 Å². The molecule has 0 aromatic carbocycles. The molecule has 0 aliphatic rings. The summed E-state index contributed by atoms with van der Waals surface area (Å²) in [5.41, 5.74) is 0.0715. The molecule has 0 fully saturated rings. The van der Waals surface area contributed by atoms with Gasteiger partial charge in [-0.05, 0) is 19.8 Å². The van der Waals surface area contributed by atoms with Crippen molar-refractivity contribution in [2.75, 3.05) is 5.32 Å². The number of nitrogens with one attached hydrogen (secondary N) is 2. The minimum Gasteiger partial charge on any atom is -0.314 e. The van der Waals surface area contributed by atoms with Crippen molar-refractivity contribution in [3.63, 3.8) is 0 Å². The van der Waals surface area contributed by atoms with Gasteiger partial charge in [-0.25, -0.2) is 9.48 Å². The summed E-state index contributed by atoms with van der Waals surface area (Å²) in [6.45, 7) is 6.01. The Hall–Kier alpha value is -2.64. The molecule has 2 aromatic heterocycles. The maximum absolute atomic E-state index is 12.3. The molecular weight excluding hydrogens is 310 g/mol. The maximum atomic E-state index is 12.3. The van der Waals surface area contributed by atoms with Gasteiger partial charge in [-0.3, -0.25) is 14.2 Å². The Morgan fingerprint density at radius 1 is 1.33 bits per heavy atom. The van der Waals surface area contributed by atoms with Crippen molar-refractivity contribution in [2.45, 2.75) is 46.1 Å². The molecule has 0 atom stereocenters. The lowest BCUT2D eigenvalue weighted by atomic mass is 10.2. The first-order chi connectivity index (χ1) is 11.4. The predicted octanol–water partition coefficient (Wildman–Crippen LogP) is 1.12. The number of rotatable bonds is 6. The van der Waals surface area contributed by atoms with Gasteiger partial charge in [-0.15, -0.1) is 0 Å². The lowest BCUT2D eigenvalue weighted by Crippen LogP contribution is -2.35. The first-order valence-electron chi connectivity index (χ1n) is 8.00. The molecular formula is C16H23N5O3. The lowest BCUT2D eigenvalue weighted by Gasteiger charge is -2.17. The zero-order valence-corrected chi connectivity index (χ0v) is 14.4. The first-order valence-corrected chi connectivity index (χ1v) is 8.00. The van der Waals surface area contributed by atoms with Crippen LogP contribution in [0.25, 0.3) is 0 Å². The van der Waals surface area contributed by atoms with E-state index in [1.54, 1.807) is 6.07 Å². The fourth-order valence-corrected chi connectivity index (χ4v) is 2.62. The molecule has 0 aliphatic carbocycles. The van der Waals surface area contributed by atoms with Crippen molar-refractivity contribution in [3.05, 3.63) is 44.4 Å². The van der Waals surface area contributed by atoms with Crippen LogP contribution in [-0.2, 0) is 18.3 Å². The van der Waals surface area contributed by atoms with Crippen LogP contribution in [0, 0.1) is 6.92 Å². The van der Waals surface area contributed by atoms with Gasteiger partial charge >= 0.3 is 5.69 Å². The van der Waals surface area contributed by atoms with Gasteiger partial charge in [0.15, 0.2) is 0 Å². The summed E-state index contributed by atoms with van der Waals surface area (Å²) in [6, 6.07) is 2.01. The zero-order chi connectivity index (χ0) is 17.9. The van der Waals surface area contributed by atoms with E-state index >= 15 is 0 Å². The van der Waals surface area contributed by atoms with Crippen molar-refractivity contribution in [2.24, 2.45) is 7.05 Å². The number of aryl methyl sites for hydroxylation is 1. The summed E-state index contributed by atoms with van der Waals surface area (Å²) >= 11 is 0. The van der Waals surface area contributed by atoms with E-state index < -0.39 is 11.2 Å². The second kappa shape index (κ2) is 7.29. The molecule has 24 heavy (non-hydrogen) atoms. The summed E-state index contributed by atoms with van der Waals surface area (Å²) in [7, 11) is 1.37. The Labute approximate surface area is 139 Å². The van der Waals surface area contributed by atoms with Crippen LogP contribution in [0.2, 0.25) is 0 Å². The number of aromatic nitrogens is 4. The van der Waals surface area contributed by atoms with Crippen molar-refractivity contribution < 1.29 is 4.79 Å². The molecule has 1 amide bonds. The topological polar surface area (TPSA) is 102 Å². The summed E-state index contributed by atoms with van der Waals surface area (Å²) in [6.07, 6.45) is 2.98. The fourth-order valence-electron chi connectivity index (χ4n) is 2.62. The molecule has 0 saturated carbocycles. The van der Waals surface area contributed by atoms with Gasteiger partial charge in [0.25, 0.3) is 5.56 Å². The molecule has 2 N–H and O–H groups in total. The van der Waals surface area contributed by atoms with Crippen molar-refractivity contribution in [3.8, 4) is 0 Å². The van der Waals surface area contributed by atoms with Crippen LogP contribution in [0.15, 0.2) is 21.9 Å². The second-order valence-electron chi connectivity index (χ2n) is 5.79. The highest BCUT2D eigenvalue weighted by atomic mass is 16.2. The Balaban J connectivity index is 2.21. The molecule has 2 aromatic rings. The quantitative estimate of drug-likeness (QED) is 0.827. The third-order valence-corrected chi connectivity index (χ3v) is 4.02. The highest BCUT2D eigenvalue weighted by Gasteiger charge is 2.16. The SMILES string of the molecule is CCC(CC)n1nc(C)cc1NC(=O)Cc1c[nH]c(=O)n(C)c1=O. The Morgan fingerprint density at radius 2 is 2.00 bits per heavy atom. The van der Waals surface area contributed by atoms with E-state index in [4.69, 9.17) is 0 Å². The van der Waals surface area contributed by atoms with Crippen LogP contribution in [0.1, 0.15) is 44.0 Å². The van der Waals surface area contributed by atoms with E-state index in [9.17, 15) is 14.4 Å². The lowest BCUT2D eigenvalue weighted by molar-refractivity contribution is -0.115. The van der Waals surface area contributed by atoms with E-state index in [0.717, 1.165) is 23.1 Å². The molecule has 0 saturated heterocycles. The molecule has 8 heteroatoms. The molecule has 0 radical (unpaired) electrons. The van der Waals surface area contributed by atoms with Crippen LogP contribution >= 0.6 is 0 Å². The summed E-state index contributed by atoms with van der Waals surface area (Å²) in [4.78, 5) is 38.1. The van der Waals surface area contributed by atoms with Crippen molar-refractivity contribution in [1.82, 2.24) is 19.3 Å². The molecule has 130 valence electrons. The number of amides is 1. The zero-order valence-electron chi connectivity index (χ0n) is 14.4. The number of H-pyrrole nitrogens is 1. The van der Waals surface area contributed by atoms with Crippen molar-refractivity contribution >= 4 is 11.7 Å². The van der Waals surface area contributed by atoms with E-state index in [1.165, 1.54) is 13.2 Å². The molecule has 0 bridgehead atoms. The van der Waals surface area contributed by atoms with Crippen LogP contribution in [0.5, 0.6) is 0 Å². The average molecular weight is 333 g/mol. The molecule has 0 aliphatic heterocycles. The van der Waals surface area contributed by atoms with Gasteiger partial charge in [-0.2, -0.15) is 5.10 Å². The number of aromatic amines is 1. The van der Waals surface area contributed by atoms with Crippen LogP contribution in [0.4, 0.5) is 5.82 Å². The predicted molar refractivity (Wildman–Crippen MR) is 91.2 cm³/mol. The van der Waals surface area contributed by atoms with Crippen LogP contribution < -0.4 is 16.6 Å². The standard InChI is InChI=1S/C16H23N5O3/c1-5-12(6-2)21-13(7-10(3)19-21)18-14(22)8-11-9-17-16(24)20(4)15(11)23/h7,9,12H,5-6,8H2,1-4H3,(H,17,24)(H,18,22). The number of nitrogens with zero attached hydrogens (tertiary/aromatic N) is 3. The smallest absolute Gasteiger partial charge is 0.314 e. The summed E-state index contributed by atoms with van der Waals surface area (Å²) < 4.78 is 2.76. The molecule has 8 nitrogen and oxygen atoms in total. The number of hydrogen-bond acceptors (Lipinski definition) is 4. The normalized spacial score (nSPS) is 11.0. The van der Waals surface area contributed by atoms with Gasteiger partial charge < -0.3 is 10.3 Å².